The van der Waals surface area contributed by atoms with Crippen LogP contribution in [-0.4, -0.2) is 26.2 Å². The van der Waals surface area contributed by atoms with Gasteiger partial charge in [-0.1, -0.05) is 6.07 Å². The van der Waals surface area contributed by atoms with Gasteiger partial charge >= 0.3 is 0 Å². The number of nitrogen functional groups attached to an aromatic ring is 2. The molecule has 0 aliphatic heterocycles. The molecule has 0 unspecified atom stereocenters. The Balaban J connectivity index is 2.06. The summed E-state index contributed by atoms with van der Waals surface area (Å²) in [5.41, 5.74) is 14.1. The number of hydrogen-bond acceptors (Lipinski definition) is 6. The zero-order valence-corrected chi connectivity index (χ0v) is 11.9. The fourth-order valence-corrected chi connectivity index (χ4v) is 2.18. The Bertz CT molecular complexity index is 791. The van der Waals surface area contributed by atoms with E-state index < -0.39 is 0 Å². The Morgan fingerprint density at radius 1 is 1.14 bits per heavy atom. The molecule has 1 aromatic carbocycles. The van der Waals surface area contributed by atoms with Crippen LogP contribution in [0.2, 0.25) is 0 Å². The van der Waals surface area contributed by atoms with Crippen molar-refractivity contribution in [1.82, 2.24) is 20.2 Å². The Morgan fingerprint density at radius 2 is 1.95 bits per heavy atom. The topological polar surface area (TPSA) is 119 Å². The van der Waals surface area contributed by atoms with E-state index in [0.717, 1.165) is 22.2 Å². The molecule has 3 rings (SSSR count). The van der Waals surface area contributed by atoms with Crippen molar-refractivity contribution in [1.29, 1.82) is 0 Å². The molecule has 0 spiro atoms. The van der Waals surface area contributed by atoms with Gasteiger partial charge in [0.1, 0.15) is 5.82 Å². The Kier molecular flexibility index (Phi) is 3.09. The van der Waals surface area contributed by atoms with E-state index in [0.29, 0.717) is 11.6 Å². The van der Waals surface area contributed by atoms with Crippen LogP contribution in [0.25, 0.3) is 22.2 Å². The lowest BCUT2D eigenvalue weighted by molar-refractivity contribution is 0.888. The third-order valence-corrected chi connectivity index (χ3v) is 3.07. The van der Waals surface area contributed by atoms with Crippen molar-refractivity contribution in [3.63, 3.8) is 0 Å². The molecule has 0 fully saturated rings. The lowest BCUT2D eigenvalue weighted by atomic mass is 10.1. The fraction of sp³-hybridized carbons (Fsp3) is 0.214. The summed E-state index contributed by atoms with van der Waals surface area (Å²) in [7, 11) is 0. The number of aromatic amines is 1. The first-order valence-electron chi connectivity index (χ1n) is 6.68. The Morgan fingerprint density at radius 3 is 2.71 bits per heavy atom. The summed E-state index contributed by atoms with van der Waals surface area (Å²) >= 11 is 0. The molecule has 0 radical (unpaired) electrons. The molecule has 6 N–H and O–H groups in total. The van der Waals surface area contributed by atoms with E-state index in [4.69, 9.17) is 11.5 Å². The van der Waals surface area contributed by atoms with Crippen LogP contribution in [0.3, 0.4) is 0 Å². The van der Waals surface area contributed by atoms with Gasteiger partial charge in [0.15, 0.2) is 5.82 Å². The molecule has 7 heteroatoms. The molecular weight excluding hydrogens is 266 g/mol. The summed E-state index contributed by atoms with van der Waals surface area (Å²) in [6.07, 6.45) is 0. The number of nitrogens with zero attached hydrogens (tertiary/aromatic N) is 3. The molecule has 0 saturated heterocycles. The number of nitrogens with one attached hydrogen (secondary N) is 2. The van der Waals surface area contributed by atoms with E-state index in [9.17, 15) is 0 Å². The van der Waals surface area contributed by atoms with Crippen LogP contribution >= 0.6 is 0 Å². The van der Waals surface area contributed by atoms with Gasteiger partial charge in [-0.05, 0) is 26.0 Å². The second kappa shape index (κ2) is 4.93. The van der Waals surface area contributed by atoms with Crippen molar-refractivity contribution in [2.24, 2.45) is 0 Å². The summed E-state index contributed by atoms with van der Waals surface area (Å²) in [5, 5.41) is 11.0. The van der Waals surface area contributed by atoms with Crippen molar-refractivity contribution >= 4 is 28.5 Å². The van der Waals surface area contributed by atoms with Gasteiger partial charge in [0.25, 0.3) is 0 Å². The normalized spacial score (nSPS) is 11.2. The third-order valence-electron chi connectivity index (χ3n) is 3.07. The quantitative estimate of drug-likeness (QED) is 0.584. The second-order valence-corrected chi connectivity index (χ2v) is 5.16. The number of benzene rings is 1. The van der Waals surface area contributed by atoms with Crippen LogP contribution < -0.4 is 16.8 Å². The largest absolute Gasteiger partial charge is 0.382 e. The van der Waals surface area contributed by atoms with Crippen LogP contribution in [0.4, 0.5) is 17.6 Å². The number of hydrogen-bond donors (Lipinski definition) is 4. The summed E-state index contributed by atoms with van der Waals surface area (Å²) in [4.78, 5) is 8.47. The molecule has 21 heavy (non-hydrogen) atoms. The molecule has 0 aliphatic rings. The maximum Gasteiger partial charge on any atom is 0.222 e. The van der Waals surface area contributed by atoms with Crippen LogP contribution in [0.1, 0.15) is 13.8 Å². The van der Waals surface area contributed by atoms with Gasteiger partial charge in [-0.25, -0.2) is 4.98 Å². The standard InChI is InChI=1S/C14H17N7/c1-7(2)17-12-6-10(18-14(16)19-12)8-3-4-9-11(5-8)20-21-13(9)15/h3-7H,1-2H3,(H3,15,20,21)(H3,16,17,18,19). The minimum atomic E-state index is 0.236. The zero-order valence-electron chi connectivity index (χ0n) is 11.9. The van der Waals surface area contributed by atoms with E-state index >= 15 is 0 Å². The Hall–Kier alpha value is -2.83. The van der Waals surface area contributed by atoms with E-state index in [1.807, 2.05) is 38.1 Å². The van der Waals surface area contributed by atoms with Crippen molar-refractivity contribution in [3.05, 3.63) is 24.3 Å². The first-order chi connectivity index (χ1) is 10.0. The first-order valence-corrected chi connectivity index (χ1v) is 6.68. The molecule has 0 bridgehead atoms. The monoisotopic (exact) mass is 283 g/mol. The van der Waals surface area contributed by atoms with Gasteiger partial charge in [-0.15, -0.1) is 0 Å². The lowest BCUT2D eigenvalue weighted by Crippen LogP contribution is -2.12. The first kappa shape index (κ1) is 13.2. The maximum atomic E-state index is 5.79. The molecule has 0 amide bonds. The summed E-state index contributed by atoms with van der Waals surface area (Å²) in [5.74, 6) is 1.43. The van der Waals surface area contributed by atoms with E-state index in [-0.39, 0.29) is 12.0 Å². The number of fused-ring (bicyclic) bond motifs is 1. The van der Waals surface area contributed by atoms with Gasteiger partial charge in [0.05, 0.1) is 11.2 Å². The summed E-state index contributed by atoms with van der Waals surface area (Å²) in [6, 6.07) is 7.94. The van der Waals surface area contributed by atoms with E-state index in [2.05, 4.69) is 25.5 Å². The number of aromatic nitrogens is 4. The van der Waals surface area contributed by atoms with Crippen molar-refractivity contribution < 1.29 is 0 Å². The molecule has 7 nitrogen and oxygen atoms in total. The number of anilines is 3. The Labute approximate surface area is 121 Å². The van der Waals surface area contributed by atoms with Crippen molar-refractivity contribution in [2.75, 3.05) is 16.8 Å². The molecule has 2 heterocycles. The average molecular weight is 283 g/mol. The third kappa shape index (κ3) is 2.58. The predicted molar refractivity (Wildman–Crippen MR) is 84.7 cm³/mol. The van der Waals surface area contributed by atoms with Crippen LogP contribution in [0.15, 0.2) is 24.3 Å². The van der Waals surface area contributed by atoms with Gasteiger partial charge < -0.3 is 16.8 Å². The minimum absolute atomic E-state index is 0.236. The molecule has 0 aliphatic carbocycles. The lowest BCUT2D eigenvalue weighted by Gasteiger charge is -2.11. The highest BCUT2D eigenvalue weighted by Crippen LogP contribution is 2.26. The van der Waals surface area contributed by atoms with Gasteiger partial charge in [0, 0.05) is 23.1 Å². The van der Waals surface area contributed by atoms with Gasteiger partial charge in [-0.3, -0.25) is 5.10 Å². The fourth-order valence-electron chi connectivity index (χ4n) is 2.18. The molecular formula is C14H17N7. The van der Waals surface area contributed by atoms with Crippen molar-refractivity contribution in [2.45, 2.75) is 19.9 Å². The van der Waals surface area contributed by atoms with E-state index in [1.54, 1.807) is 0 Å². The zero-order chi connectivity index (χ0) is 15.0. The van der Waals surface area contributed by atoms with E-state index in [1.165, 1.54) is 0 Å². The summed E-state index contributed by atoms with van der Waals surface area (Å²) < 4.78 is 0. The second-order valence-electron chi connectivity index (χ2n) is 5.16. The highest BCUT2D eigenvalue weighted by atomic mass is 15.1. The van der Waals surface area contributed by atoms with Crippen molar-refractivity contribution in [3.8, 4) is 11.3 Å². The summed E-state index contributed by atoms with van der Waals surface area (Å²) in [6.45, 7) is 4.08. The molecule has 108 valence electrons. The maximum absolute atomic E-state index is 5.79. The number of rotatable bonds is 3. The number of H-pyrrole nitrogens is 1. The van der Waals surface area contributed by atoms with Crippen LogP contribution in [0, 0.1) is 0 Å². The average Bonchev–Trinajstić information content (AvgIpc) is 2.78. The molecule has 0 saturated carbocycles. The van der Waals surface area contributed by atoms with Crippen LogP contribution in [0.5, 0.6) is 0 Å². The SMILES string of the molecule is CC(C)Nc1cc(-c2ccc3c(N)n[nH]c3c2)nc(N)n1. The van der Waals surface area contributed by atoms with Gasteiger partial charge in [-0.2, -0.15) is 10.1 Å². The highest BCUT2D eigenvalue weighted by Gasteiger charge is 2.08. The van der Waals surface area contributed by atoms with Gasteiger partial charge in [0.2, 0.25) is 5.95 Å². The smallest absolute Gasteiger partial charge is 0.222 e. The van der Waals surface area contributed by atoms with Crippen LogP contribution in [-0.2, 0) is 0 Å². The molecule has 3 aromatic rings. The predicted octanol–water partition coefficient (Wildman–Crippen LogP) is 2.00. The molecule has 2 aromatic heterocycles. The number of nitrogens with two attached hydrogens (primary N) is 2. The molecule has 0 atom stereocenters. The minimum Gasteiger partial charge on any atom is -0.382 e. The highest BCUT2D eigenvalue weighted by molar-refractivity contribution is 5.91.